The molecule has 1 aromatic heterocycles. The van der Waals surface area contributed by atoms with Gasteiger partial charge in [0.2, 0.25) is 0 Å². The van der Waals surface area contributed by atoms with Crippen molar-refractivity contribution in [2.24, 2.45) is 0 Å². The fourth-order valence-corrected chi connectivity index (χ4v) is 3.83. The minimum absolute atomic E-state index is 0.148. The van der Waals surface area contributed by atoms with Gasteiger partial charge in [0.25, 0.3) is 9.05 Å². The summed E-state index contributed by atoms with van der Waals surface area (Å²) < 4.78 is 24.7. The van der Waals surface area contributed by atoms with Crippen LogP contribution in [0.3, 0.4) is 0 Å². The predicted octanol–water partition coefficient (Wildman–Crippen LogP) is 2.71. The van der Waals surface area contributed by atoms with Crippen molar-refractivity contribution in [1.29, 1.82) is 0 Å². The fourth-order valence-electron chi connectivity index (χ4n) is 2.32. The third-order valence-electron chi connectivity index (χ3n) is 3.05. The van der Waals surface area contributed by atoms with Crippen molar-refractivity contribution in [1.82, 2.24) is 9.78 Å². The Bertz CT molecular complexity index is 560. The molecule has 0 saturated heterocycles. The van der Waals surface area contributed by atoms with E-state index in [-0.39, 0.29) is 10.9 Å². The lowest BCUT2D eigenvalue weighted by molar-refractivity contribution is 0.462. The summed E-state index contributed by atoms with van der Waals surface area (Å²) in [5.74, 6) is 0. The lowest BCUT2D eigenvalue weighted by atomic mass is 10.0. The van der Waals surface area contributed by atoms with Crippen LogP contribution in [0.5, 0.6) is 0 Å². The SMILES string of the molecule is Cc1nn(C2C=CCCC2)c(C)c1S(=O)(=O)Cl. The van der Waals surface area contributed by atoms with Crippen molar-refractivity contribution in [2.45, 2.75) is 44.0 Å². The number of hydrogen-bond donors (Lipinski definition) is 0. The molecule has 17 heavy (non-hydrogen) atoms. The maximum atomic E-state index is 11.5. The predicted molar refractivity (Wildman–Crippen MR) is 66.8 cm³/mol. The van der Waals surface area contributed by atoms with Gasteiger partial charge in [0, 0.05) is 10.7 Å². The number of aromatic nitrogens is 2. The standard InChI is InChI=1S/C11H15ClN2O2S/c1-8-11(17(12,15)16)9(2)14(13-8)10-6-4-3-5-7-10/h4,6,10H,3,5,7H2,1-2H3. The van der Waals surface area contributed by atoms with Gasteiger partial charge in [0.05, 0.1) is 17.4 Å². The third kappa shape index (κ3) is 2.40. The molecule has 1 aliphatic rings. The molecule has 0 N–H and O–H groups in total. The molecule has 4 nitrogen and oxygen atoms in total. The van der Waals surface area contributed by atoms with Gasteiger partial charge in [0.15, 0.2) is 0 Å². The Hall–Kier alpha value is -0.810. The molecule has 1 aromatic rings. The van der Waals surface area contributed by atoms with Crippen molar-refractivity contribution < 1.29 is 8.42 Å². The molecule has 0 aromatic carbocycles. The second-order valence-electron chi connectivity index (χ2n) is 4.31. The lowest BCUT2D eigenvalue weighted by Gasteiger charge is -2.18. The smallest absolute Gasteiger partial charge is 0.261 e. The van der Waals surface area contributed by atoms with Crippen molar-refractivity contribution in [3.05, 3.63) is 23.5 Å². The van der Waals surface area contributed by atoms with Crippen molar-refractivity contribution >= 4 is 19.7 Å². The molecule has 0 bridgehead atoms. The number of rotatable bonds is 2. The van der Waals surface area contributed by atoms with Crippen LogP contribution in [-0.2, 0) is 9.05 Å². The van der Waals surface area contributed by atoms with Crippen molar-refractivity contribution in [3.8, 4) is 0 Å². The molecule has 1 unspecified atom stereocenters. The maximum Gasteiger partial charge on any atom is 0.264 e. The second-order valence-corrected chi connectivity index (χ2v) is 6.81. The Balaban J connectivity index is 2.51. The van der Waals surface area contributed by atoms with Gasteiger partial charge in [-0.25, -0.2) is 8.42 Å². The number of halogens is 1. The molecule has 1 aliphatic carbocycles. The Morgan fingerprint density at radius 3 is 2.65 bits per heavy atom. The summed E-state index contributed by atoms with van der Waals surface area (Å²) in [7, 11) is 1.71. The van der Waals surface area contributed by atoms with E-state index < -0.39 is 9.05 Å². The molecule has 0 aliphatic heterocycles. The van der Waals surface area contributed by atoms with E-state index in [2.05, 4.69) is 17.3 Å². The summed E-state index contributed by atoms with van der Waals surface area (Å²) in [6, 6.07) is 0.148. The Morgan fingerprint density at radius 1 is 1.47 bits per heavy atom. The average Bonchev–Trinajstić information content (AvgIpc) is 2.54. The molecule has 94 valence electrons. The number of hydrogen-bond acceptors (Lipinski definition) is 3. The number of allylic oxidation sites excluding steroid dienone is 2. The van der Waals surface area contributed by atoms with Gasteiger partial charge < -0.3 is 0 Å². The van der Waals surface area contributed by atoms with Gasteiger partial charge in [-0.1, -0.05) is 12.2 Å². The van der Waals surface area contributed by atoms with Gasteiger partial charge in [-0.2, -0.15) is 5.10 Å². The maximum absolute atomic E-state index is 11.5. The minimum Gasteiger partial charge on any atom is -0.261 e. The molecule has 1 heterocycles. The monoisotopic (exact) mass is 274 g/mol. The first-order chi connectivity index (χ1) is 7.91. The van der Waals surface area contributed by atoms with E-state index in [1.165, 1.54) is 0 Å². The summed E-state index contributed by atoms with van der Waals surface area (Å²) in [6.07, 6.45) is 7.35. The fraction of sp³-hybridized carbons (Fsp3) is 0.545. The summed E-state index contributed by atoms with van der Waals surface area (Å²) in [4.78, 5) is 0.151. The molecular formula is C11H15ClN2O2S. The molecule has 1 atom stereocenters. The molecule has 2 rings (SSSR count). The Labute approximate surface area is 106 Å². The van der Waals surface area contributed by atoms with Crippen LogP contribution in [0.25, 0.3) is 0 Å². The van der Waals surface area contributed by atoms with Crippen LogP contribution in [0.15, 0.2) is 17.0 Å². The first kappa shape index (κ1) is 12.6. The van der Waals surface area contributed by atoms with E-state index in [0.29, 0.717) is 11.4 Å². The first-order valence-corrected chi connectivity index (χ1v) is 7.89. The molecule has 0 radical (unpaired) electrons. The highest BCUT2D eigenvalue weighted by Gasteiger charge is 2.25. The highest BCUT2D eigenvalue weighted by Crippen LogP contribution is 2.29. The first-order valence-electron chi connectivity index (χ1n) is 5.58. The van der Waals surface area contributed by atoms with E-state index in [4.69, 9.17) is 10.7 Å². The Kier molecular flexibility index (Phi) is 3.32. The topological polar surface area (TPSA) is 52.0 Å². The quantitative estimate of drug-likeness (QED) is 0.615. The molecule has 6 heteroatoms. The lowest BCUT2D eigenvalue weighted by Crippen LogP contribution is -2.12. The zero-order valence-electron chi connectivity index (χ0n) is 9.85. The zero-order valence-corrected chi connectivity index (χ0v) is 11.4. The van der Waals surface area contributed by atoms with Crippen LogP contribution in [-0.4, -0.2) is 18.2 Å². The summed E-state index contributed by atoms with van der Waals surface area (Å²) in [5, 5.41) is 4.30. The minimum atomic E-state index is -3.72. The summed E-state index contributed by atoms with van der Waals surface area (Å²) >= 11 is 0. The summed E-state index contributed by atoms with van der Waals surface area (Å²) in [5.41, 5.74) is 1.09. The van der Waals surface area contributed by atoms with Crippen LogP contribution >= 0.6 is 10.7 Å². The molecule has 0 saturated carbocycles. The van der Waals surface area contributed by atoms with Crippen LogP contribution in [0, 0.1) is 13.8 Å². The zero-order chi connectivity index (χ0) is 12.6. The van der Waals surface area contributed by atoms with Crippen LogP contribution < -0.4 is 0 Å². The molecule has 0 amide bonds. The van der Waals surface area contributed by atoms with Crippen LogP contribution in [0.4, 0.5) is 0 Å². The van der Waals surface area contributed by atoms with Gasteiger partial charge >= 0.3 is 0 Å². The average molecular weight is 275 g/mol. The van der Waals surface area contributed by atoms with Gasteiger partial charge in [-0.15, -0.1) is 0 Å². The highest BCUT2D eigenvalue weighted by molar-refractivity contribution is 8.13. The normalized spacial score (nSPS) is 20.8. The van der Waals surface area contributed by atoms with E-state index in [0.717, 1.165) is 19.3 Å². The van der Waals surface area contributed by atoms with E-state index >= 15 is 0 Å². The highest BCUT2D eigenvalue weighted by atomic mass is 35.7. The summed E-state index contributed by atoms with van der Waals surface area (Å²) in [6.45, 7) is 3.42. The molecule has 0 spiro atoms. The largest absolute Gasteiger partial charge is 0.264 e. The molecular weight excluding hydrogens is 260 g/mol. The van der Waals surface area contributed by atoms with Crippen LogP contribution in [0.1, 0.15) is 36.7 Å². The van der Waals surface area contributed by atoms with E-state index in [9.17, 15) is 8.42 Å². The van der Waals surface area contributed by atoms with E-state index in [1.807, 2.05) is 0 Å². The third-order valence-corrected chi connectivity index (χ3v) is 4.59. The van der Waals surface area contributed by atoms with Crippen molar-refractivity contribution in [2.75, 3.05) is 0 Å². The van der Waals surface area contributed by atoms with Gasteiger partial charge in [-0.05, 0) is 33.1 Å². The van der Waals surface area contributed by atoms with Crippen LogP contribution in [0.2, 0.25) is 0 Å². The number of aryl methyl sites for hydroxylation is 1. The van der Waals surface area contributed by atoms with Gasteiger partial charge in [-0.3, -0.25) is 4.68 Å². The number of nitrogens with zero attached hydrogens (tertiary/aromatic N) is 2. The van der Waals surface area contributed by atoms with Crippen molar-refractivity contribution in [3.63, 3.8) is 0 Å². The van der Waals surface area contributed by atoms with Gasteiger partial charge in [0.1, 0.15) is 4.90 Å². The Morgan fingerprint density at radius 2 is 2.18 bits per heavy atom. The van der Waals surface area contributed by atoms with E-state index in [1.54, 1.807) is 18.5 Å². The molecule has 0 fully saturated rings. The second kappa shape index (κ2) is 4.46.